The van der Waals surface area contributed by atoms with Crippen LogP contribution in [-0.4, -0.2) is 16.0 Å². The van der Waals surface area contributed by atoms with Crippen molar-refractivity contribution in [2.45, 2.75) is 43.9 Å². The van der Waals surface area contributed by atoms with Crippen molar-refractivity contribution >= 4 is 11.7 Å². The molecule has 2 rings (SSSR count). The van der Waals surface area contributed by atoms with Crippen LogP contribution in [0.3, 0.4) is 0 Å². The Balaban J connectivity index is 2.46. The van der Waals surface area contributed by atoms with Crippen molar-refractivity contribution in [3.63, 3.8) is 0 Å². The van der Waals surface area contributed by atoms with E-state index in [1.807, 2.05) is 0 Å². The van der Waals surface area contributed by atoms with Gasteiger partial charge in [-0.15, -0.1) is 0 Å². The third kappa shape index (κ3) is 2.59. The van der Waals surface area contributed by atoms with Crippen LogP contribution in [0.4, 0.5) is 5.69 Å². The fraction of sp³-hybridized carbons (Fsp3) is 0.500. The van der Waals surface area contributed by atoms with Crippen molar-refractivity contribution in [2.24, 2.45) is 0 Å². The number of non-ortho nitro benzene ring substituents is 1. The first-order valence-corrected chi connectivity index (χ1v) is 6.54. The van der Waals surface area contributed by atoms with Gasteiger partial charge in [-0.05, 0) is 18.4 Å². The highest BCUT2D eigenvalue weighted by molar-refractivity contribution is 5.81. The van der Waals surface area contributed by atoms with Gasteiger partial charge in [-0.1, -0.05) is 37.8 Å². The number of benzene rings is 1. The second-order valence-electron chi connectivity index (χ2n) is 5.11. The Hall–Kier alpha value is -1.91. The molecule has 0 aromatic heterocycles. The molecule has 0 radical (unpaired) electrons. The average Bonchev–Trinajstić information content (AvgIpc) is 2.65. The van der Waals surface area contributed by atoms with Crippen molar-refractivity contribution < 1.29 is 14.8 Å². The normalized spacial score (nSPS) is 18.5. The molecule has 19 heavy (non-hydrogen) atoms. The maximum Gasteiger partial charge on any atom is 0.314 e. The molecule has 0 atom stereocenters. The van der Waals surface area contributed by atoms with E-state index in [4.69, 9.17) is 0 Å². The quantitative estimate of drug-likeness (QED) is 0.515. The molecule has 0 amide bonds. The molecule has 1 fully saturated rings. The molecule has 0 unspecified atom stereocenters. The fourth-order valence-electron chi connectivity index (χ4n) is 2.88. The largest absolute Gasteiger partial charge is 0.481 e. The summed E-state index contributed by atoms with van der Waals surface area (Å²) in [5.74, 6) is -0.866. The van der Waals surface area contributed by atoms with Gasteiger partial charge < -0.3 is 5.11 Å². The Morgan fingerprint density at radius 2 is 1.84 bits per heavy atom. The molecule has 5 nitrogen and oxygen atoms in total. The van der Waals surface area contributed by atoms with E-state index in [9.17, 15) is 20.0 Å². The van der Waals surface area contributed by atoms with Gasteiger partial charge in [0.2, 0.25) is 0 Å². The van der Waals surface area contributed by atoms with Crippen LogP contribution < -0.4 is 0 Å². The maximum absolute atomic E-state index is 11.7. The van der Waals surface area contributed by atoms with Gasteiger partial charge in [0.15, 0.2) is 0 Å². The average molecular weight is 263 g/mol. The molecule has 102 valence electrons. The maximum atomic E-state index is 11.7. The minimum atomic E-state index is -0.956. The van der Waals surface area contributed by atoms with Crippen LogP contribution in [0.15, 0.2) is 24.3 Å². The zero-order valence-corrected chi connectivity index (χ0v) is 10.7. The number of nitro groups is 1. The number of rotatable bonds is 3. The van der Waals surface area contributed by atoms with E-state index in [2.05, 4.69) is 0 Å². The summed E-state index contributed by atoms with van der Waals surface area (Å²) < 4.78 is 0. The van der Waals surface area contributed by atoms with E-state index in [0.717, 1.165) is 25.7 Å². The van der Waals surface area contributed by atoms with Gasteiger partial charge in [-0.25, -0.2) is 0 Å². The van der Waals surface area contributed by atoms with Crippen molar-refractivity contribution in [2.75, 3.05) is 0 Å². The molecule has 0 bridgehead atoms. The second kappa shape index (κ2) is 5.38. The summed E-state index contributed by atoms with van der Waals surface area (Å²) in [6.07, 6.45) is 4.89. The van der Waals surface area contributed by atoms with Crippen LogP contribution >= 0.6 is 0 Å². The summed E-state index contributed by atoms with van der Waals surface area (Å²) in [6.45, 7) is 0. The predicted octanol–water partition coefficient (Wildman–Crippen LogP) is 3.27. The van der Waals surface area contributed by atoms with Gasteiger partial charge in [0.05, 0.1) is 10.3 Å². The molecule has 1 saturated carbocycles. The minimum absolute atomic E-state index is 0.0395. The number of carbonyl (C=O) groups is 1. The highest BCUT2D eigenvalue weighted by Gasteiger charge is 2.40. The summed E-state index contributed by atoms with van der Waals surface area (Å²) in [7, 11) is 0. The van der Waals surface area contributed by atoms with E-state index in [1.165, 1.54) is 12.1 Å². The van der Waals surface area contributed by atoms with Crippen LogP contribution in [0.1, 0.15) is 44.1 Å². The number of carboxylic acids is 1. The number of nitro benzene ring substituents is 1. The van der Waals surface area contributed by atoms with Crippen LogP contribution in [-0.2, 0) is 10.2 Å². The highest BCUT2D eigenvalue weighted by atomic mass is 16.6. The minimum Gasteiger partial charge on any atom is -0.481 e. The van der Waals surface area contributed by atoms with Crippen molar-refractivity contribution in [3.05, 3.63) is 39.9 Å². The number of nitrogens with zero attached hydrogens (tertiary/aromatic N) is 1. The van der Waals surface area contributed by atoms with E-state index in [1.54, 1.807) is 12.1 Å². The van der Waals surface area contributed by atoms with E-state index >= 15 is 0 Å². The summed E-state index contributed by atoms with van der Waals surface area (Å²) in [6, 6.07) is 6.09. The summed E-state index contributed by atoms with van der Waals surface area (Å²) in [4.78, 5) is 22.1. The van der Waals surface area contributed by atoms with Crippen LogP contribution in [0.5, 0.6) is 0 Å². The lowest BCUT2D eigenvalue weighted by Gasteiger charge is -2.28. The highest BCUT2D eigenvalue weighted by Crippen LogP contribution is 2.39. The number of hydrogen-bond donors (Lipinski definition) is 1. The Bertz CT molecular complexity index is 490. The van der Waals surface area contributed by atoms with Gasteiger partial charge in [0.1, 0.15) is 0 Å². The van der Waals surface area contributed by atoms with Crippen LogP contribution in [0.25, 0.3) is 0 Å². The first-order chi connectivity index (χ1) is 9.06. The first kappa shape index (κ1) is 13.5. The smallest absolute Gasteiger partial charge is 0.314 e. The molecule has 1 N–H and O–H groups in total. The second-order valence-corrected chi connectivity index (χ2v) is 5.11. The molecular weight excluding hydrogens is 246 g/mol. The number of carboxylic acid groups (broad SMARTS) is 1. The van der Waals surface area contributed by atoms with Gasteiger partial charge in [0.25, 0.3) is 5.69 Å². The van der Waals surface area contributed by atoms with Crippen molar-refractivity contribution in [3.8, 4) is 0 Å². The monoisotopic (exact) mass is 263 g/mol. The van der Waals surface area contributed by atoms with E-state index in [0.29, 0.717) is 18.4 Å². The van der Waals surface area contributed by atoms with Gasteiger partial charge in [0, 0.05) is 12.1 Å². The molecule has 1 aliphatic carbocycles. The van der Waals surface area contributed by atoms with Gasteiger partial charge >= 0.3 is 5.97 Å². The molecule has 0 heterocycles. The first-order valence-electron chi connectivity index (χ1n) is 6.54. The lowest BCUT2D eigenvalue weighted by atomic mass is 9.74. The Kier molecular flexibility index (Phi) is 3.83. The molecule has 1 aliphatic rings. The lowest BCUT2D eigenvalue weighted by Crippen LogP contribution is -2.35. The predicted molar refractivity (Wildman–Crippen MR) is 70.1 cm³/mol. The topological polar surface area (TPSA) is 80.4 Å². The standard InChI is InChI=1S/C14H17NO4/c16-13(17)14(8-3-1-2-4-9-14)11-6-5-7-12(10-11)15(18)19/h5-7,10H,1-4,8-9H2,(H,16,17). The molecule has 0 aliphatic heterocycles. The third-order valence-electron chi connectivity index (χ3n) is 3.98. The summed E-state index contributed by atoms with van der Waals surface area (Å²) >= 11 is 0. The molecule has 0 spiro atoms. The summed E-state index contributed by atoms with van der Waals surface area (Å²) in [5, 5.41) is 20.5. The van der Waals surface area contributed by atoms with Crippen LogP contribution in [0.2, 0.25) is 0 Å². The zero-order chi connectivity index (χ0) is 13.9. The number of hydrogen-bond acceptors (Lipinski definition) is 3. The Morgan fingerprint density at radius 1 is 1.21 bits per heavy atom. The molecule has 5 heteroatoms. The third-order valence-corrected chi connectivity index (χ3v) is 3.98. The van der Waals surface area contributed by atoms with Crippen LogP contribution in [0, 0.1) is 10.1 Å². The Labute approximate surface area is 111 Å². The summed E-state index contributed by atoms with van der Waals surface area (Å²) in [5.41, 5.74) is -0.429. The SMILES string of the molecule is O=C(O)C1(c2cccc([N+](=O)[O-])c2)CCCCCC1. The molecular formula is C14H17NO4. The lowest BCUT2D eigenvalue weighted by molar-refractivity contribution is -0.385. The molecule has 1 aromatic rings. The Morgan fingerprint density at radius 3 is 2.37 bits per heavy atom. The van der Waals surface area contributed by atoms with Gasteiger partial charge in [-0.3, -0.25) is 14.9 Å². The van der Waals surface area contributed by atoms with Gasteiger partial charge in [-0.2, -0.15) is 0 Å². The zero-order valence-electron chi connectivity index (χ0n) is 10.7. The fourth-order valence-corrected chi connectivity index (χ4v) is 2.88. The van der Waals surface area contributed by atoms with Crippen molar-refractivity contribution in [1.82, 2.24) is 0 Å². The molecule has 0 saturated heterocycles. The van der Waals surface area contributed by atoms with E-state index < -0.39 is 16.3 Å². The number of aliphatic carboxylic acids is 1. The van der Waals surface area contributed by atoms with Crippen molar-refractivity contribution in [1.29, 1.82) is 0 Å². The van der Waals surface area contributed by atoms with E-state index in [-0.39, 0.29) is 5.69 Å². The molecule has 1 aromatic carbocycles.